The summed E-state index contributed by atoms with van der Waals surface area (Å²) < 4.78 is 0. The molecule has 0 saturated carbocycles. The number of hydrogen-bond donors (Lipinski definition) is 2. The van der Waals surface area contributed by atoms with E-state index in [1.165, 1.54) is 5.56 Å². The van der Waals surface area contributed by atoms with E-state index in [-0.39, 0.29) is 24.2 Å². The zero-order valence-corrected chi connectivity index (χ0v) is 11.6. The molecule has 0 aromatic heterocycles. The number of rotatable bonds is 3. The minimum Gasteiger partial charge on any atom is -0.324 e. The summed E-state index contributed by atoms with van der Waals surface area (Å²) in [5, 5.41) is 2.85. The predicted molar refractivity (Wildman–Crippen MR) is 74.6 cm³/mol. The fraction of sp³-hybridized carbons (Fsp3) is 0.462. The minimum absolute atomic E-state index is 0. The molecule has 1 aromatic carbocycles. The van der Waals surface area contributed by atoms with Gasteiger partial charge in [-0.1, -0.05) is 31.5 Å². The third kappa shape index (κ3) is 4.36. The van der Waals surface area contributed by atoms with Gasteiger partial charge in [0.25, 0.3) is 0 Å². The molecule has 0 bridgehead atoms. The molecule has 0 aliphatic carbocycles. The van der Waals surface area contributed by atoms with Gasteiger partial charge in [0.2, 0.25) is 5.91 Å². The van der Waals surface area contributed by atoms with E-state index >= 15 is 0 Å². The van der Waals surface area contributed by atoms with Crippen molar-refractivity contribution >= 4 is 24.0 Å². The molecular weight excluding hydrogens is 236 g/mol. The van der Waals surface area contributed by atoms with Gasteiger partial charge in [-0.15, -0.1) is 12.4 Å². The summed E-state index contributed by atoms with van der Waals surface area (Å²) in [7, 11) is 0. The lowest BCUT2D eigenvalue weighted by Crippen LogP contribution is -2.39. The molecule has 1 aromatic rings. The molecule has 0 aliphatic rings. The molecule has 0 aliphatic heterocycles. The van der Waals surface area contributed by atoms with Gasteiger partial charge in [-0.05, 0) is 31.4 Å². The monoisotopic (exact) mass is 256 g/mol. The Morgan fingerprint density at radius 3 is 2.35 bits per heavy atom. The van der Waals surface area contributed by atoms with Crippen LogP contribution in [0.25, 0.3) is 0 Å². The Kier molecular flexibility index (Phi) is 6.21. The molecule has 1 atom stereocenters. The lowest BCUT2D eigenvalue weighted by atomic mass is 10.0. The summed E-state index contributed by atoms with van der Waals surface area (Å²) in [5.41, 5.74) is 8.86. The van der Waals surface area contributed by atoms with Crippen LogP contribution in [0.1, 0.15) is 25.0 Å². The summed E-state index contributed by atoms with van der Waals surface area (Å²) in [6.07, 6.45) is 0. The van der Waals surface area contributed by atoms with Gasteiger partial charge in [0, 0.05) is 5.69 Å². The van der Waals surface area contributed by atoms with Gasteiger partial charge >= 0.3 is 0 Å². The van der Waals surface area contributed by atoms with Crippen LogP contribution in [-0.2, 0) is 4.79 Å². The molecule has 0 saturated heterocycles. The number of carbonyl (C=O) groups is 1. The zero-order chi connectivity index (χ0) is 12.3. The highest BCUT2D eigenvalue weighted by atomic mass is 35.5. The quantitative estimate of drug-likeness (QED) is 0.874. The normalized spacial score (nSPS) is 11.9. The Morgan fingerprint density at radius 1 is 1.29 bits per heavy atom. The molecule has 0 unspecified atom stereocenters. The fourth-order valence-corrected chi connectivity index (χ4v) is 1.47. The van der Waals surface area contributed by atoms with E-state index in [1.54, 1.807) is 0 Å². The van der Waals surface area contributed by atoms with Crippen LogP contribution >= 0.6 is 12.4 Å². The molecule has 0 heterocycles. The Hall–Kier alpha value is -1.06. The molecule has 1 amide bonds. The number of aryl methyl sites for hydroxylation is 2. The van der Waals surface area contributed by atoms with E-state index in [2.05, 4.69) is 5.32 Å². The van der Waals surface area contributed by atoms with Crippen LogP contribution < -0.4 is 11.1 Å². The Morgan fingerprint density at radius 2 is 1.88 bits per heavy atom. The number of nitrogens with two attached hydrogens (primary N) is 1. The topological polar surface area (TPSA) is 55.1 Å². The van der Waals surface area contributed by atoms with Crippen LogP contribution in [0.15, 0.2) is 18.2 Å². The maximum atomic E-state index is 11.8. The Labute approximate surface area is 109 Å². The van der Waals surface area contributed by atoms with Crippen LogP contribution in [0.2, 0.25) is 0 Å². The van der Waals surface area contributed by atoms with Crippen molar-refractivity contribution in [3.05, 3.63) is 29.3 Å². The Bertz CT molecular complexity index is 391. The number of amides is 1. The van der Waals surface area contributed by atoms with E-state index in [1.807, 2.05) is 45.9 Å². The molecule has 0 radical (unpaired) electrons. The van der Waals surface area contributed by atoms with Gasteiger partial charge in [0.05, 0.1) is 6.04 Å². The number of benzene rings is 1. The molecule has 0 spiro atoms. The summed E-state index contributed by atoms with van der Waals surface area (Å²) in [5.74, 6) is 0.0210. The maximum Gasteiger partial charge on any atom is 0.241 e. The number of halogens is 1. The van der Waals surface area contributed by atoms with E-state index in [4.69, 9.17) is 5.73 Å². The van der Waals surface area contributed by atoms with Crippen molar-refractivity contribution in [1.29, 1.82) is 0 Å². The smallest absolute Gasteiger partial charge is 0.241 e. The number of anilines is 1. The molecule has 17 heavy (non-hydrogen) atoms. The van der Waals surface area contributed by atoms with E-state index in [0.717, 1.165) is 11.3 Å². The molecule has 96 valence electrons. The first-order chi connectivity index (χ1) is 7.41. The number of hydrogen-bond acceptors (Lipinski definition) is 2. The van der Waals surface area contributed by atoms with E-state index in [0.29, 0.717) is 0 Å². The highest BCUT2D eigenvalue weighted by Gasteiger charge is 2.17. The van der Waals surface area contributed by atoms with E-state index < -0.39 is 6.04 Å². The molecule has 3 nitrogen and oxygen atoms in total. The molecule has 0 fully saturated rings. The van der Waals surface area contributed by atoms with Crippen LogP contribution in [0.4, 0.5) is 5.69 Å². The molecule has 3 N–H and O–H groups in total. The summed E-state index contributed by atoms with van der Waals surface area (Å²) >= 11 is 0. The van der Waals surface area contributed by atoms with Gasteiger partial charge in [-0.3, -0.25) is 4.79 Å². The summed E-state index contributed by atoms with van der Waals surface area (Å²) in [6, 6.07) is 5.47. The van der Waals surface area contributed by atoms with Crippen LogP contribution in [0, 0.1) is 19.8 Å². The standard InChI is InChI=1S/C13H20N2O.ClH/c1-8(2)12(14)13(16)15-11-6-5-9(3)7-10(11)4;/h5-8,12H,14H2,1-4H3,(H,15,16);1H/t12-;/m1./s1. The van der Waals surface area contributed by atoms with Crippen LogP contribution in [0.3, 0.4) is 0 Å². The van der Waals surface area contributed by atoms with Gasteiger partial charge in [0.1, 0.15) is 0 Å². The average molecular weight is 257 g/mol. The second-order valence-corrected chi connectivity index (χ2v) is 4.58. The van der Waals surface area contributed by atoms with Crippen molar-refractivity contribution in [1.82, 2.24) is 0 Å². The van der Waals surface area contributed by atoms with Gasteiger partial charge in [-0.25, -0.2) is 0 Å². The lowest BCUT2D eigenvalue weighted by molar-refractivity contribution is -0.118. The Balaban J connectivity index is 0.00000256. The van der Waals surface area contributed by atoms with Crippen molar-refractivity contribution < 1.29 is 4.79 Å². The molecular formula is C13H21ClN2O. The average Bonchev–Trinajstić information content (AvgIpc) is 2.20. The van der Waals surface area contributed by atoms with Crippen molar-refractivity contribution in [3.63, 3.8) is 0 Å². The summed E-state index contributed by atoms with van der Waals surface area (Å²) in [6.45, 7) is 7.88. The minimum atomic E-state index is -0.458. The number of carbonyl (C=O) groups excluding carboxylic acids is 1. The third-order valence-corrected chi connectivity index (χ3v) is 2.66. The SMILES string of the molecule is Cc1ccc(NC(=O)[C@H](N)C(C)C)c(C)c1.Cl. The highest BCUT2D eigenvalue weighted by molar-refractivity contribution is 5.95. The first kappa shape index (κ1) is 15.9. The van der Waals surface area contributed by atoms with Gasteiger partial charge < -0.3 is 11.1 Å². The maximum absolute atomic E-state index is 11.8. The highest BCUT2D eigenvalue weighted by Crippen LogP contribution is 2.16. The number of nitrogens with one attached hydrogen (secondary N) is 1. The third-order valence-electron chi connectivity index (χ3n) is 2.66. The van der Waals surface area contributed by atoms with Crippen LogP contribution in [-0.4, -0.2) is 11.9 Å². The molecule has 1 rings (SSSR count). The van der Waals surface area contributed by atoms with Crippen molar-refractivity contribution in [2.75, 3.05) is 5.32 Å². The van der Waals surface area contributed by atoms with Crippen molar-refractivity contribution in [2.45, 2.75) is 33.7 Å². The lowest BCUT2D eigenvalue weighted by Gasteiger charge is -2.16. The summed E-state index contributed by atoms with van der Waals surface area (Å²) in [4.78, 5) is 11.8. The fourth-order valence-electron chi connectivity index (χ4n) is 1.47. The largest absolute Gasteiger partial charge is 0.324 e. The zero-order valence-electron chi connectivity index (χ0n) is 10.8. The van der Waals surface area contributed by atoms with Gasteiger partial charge in [-0.2, -0.15) is 0 Å². The molecule has 4 heteroatoms. The second kappa shape index (κ2) is 6.62. The second-order valence-electron chi connectivity index (χ2n) is 4.58. The van der Waals surface area contributed by atoms with E-state index in [9.17, 15) is 4.79 Å². The van der Waals surface area contributed by atoms with Crippen molar-refractivity contribution in [2.24, 2.45) is 11.7 Å². The van der Waals surface area contributed by atoms with Crippen molar-refractivity contribution in [3.8, 4) is 0 Å². The predicted octanol–water partition coefficient (Wildman–Crippen LogP) is 2.65. The first-order valence-electron chi connectivity index (χ1n) is 5.55. The first-order valence-corrected chi connectivity index (χ1v) is 5.55. The van der Waals surface area contributed by atoms with Crippen LogP contribution in [0.5, 0.6) is 0 Å². The van der Waals surface area contributed by atoms with Gasteiger partial charge in [0.15, 0.2) is 0 Å².